The van der Waals surface area contributed by atoms with Crippen LogP contribution >= 0.6 is 11.8 Å². The van der Waals surface area contributed by atoms with E-state index < -0.39 is 22.8 Å². The average Bonchev–Trinajstić information content (AvgIpc) is 2.86. The SMILES string of the molecule is COC(=O)C1N2C(=O)C(NC(=O)CCc3ccccc3)[C@H]2SC1(C)C. The number of hydrogen-bond acceptors (Lipinski definition) is 5. The molecule has 2 saturated heterocycles. The van der Waals surface area contributed by atoms with E-state index in [1.54, 1.807) is 4.90 Å². The van der Waals surface area contributed by atoms with E-state index in [9.17, 15) is 14.4 Å². The predicted molar refractivity (Wildman–Crippen MR) is 94.8 cm³/mol. The third-order valence-electron chi connectivity index (χ3n) is 4.67. The monoisotopic (exact) mass is 362 g/mol. The maximum atomic E-state index is 12.5. The number of esters is 1. The summed E-state index contributed by atoms with van der Waals surface area (Å²) in [4.78, 5) is 38.2. The summed E-state index contributed by atoms with van der Waals surface area (Å²) in [6, 6.07) is 8.57. The minimum Gasteiger partial charge on any atom is -0.467 e. The molecule has 25 heavy (non-hydrogen) atoms. The lowest BCUT2D eigenvalue weighted by Gasteiger charge is -2.43. The van der Waals surface area contributed by atoms with Crippen LogP contribution in [-0.4, -0.2) is 52.0 Å². The molecule has 3 rings (SSSR count). The van der Waals surface area contributed by atoms with E-state index >= 15 is 0 Å². The van der Waals surface area contributed by atoms with Gasteiger partial charge in [0.15, 0.2) is 0 Å². The number of carbonyl (C=O) groups excluding carboxylic acids is 3. The van der Waals surface area contributed by atoms with Crippen LogP contribution in [0.5, 0.6) is 0 Å². The summed E-state index contributed by atoms with van der Waals surface area (Å²) in [6.45, 7) is 3.83. The van der Waals surface area contributed by atoms with Crippen molar-refractivity contribution in [3.63, 3.8) is 0 Å². The zero-order chi connectivity index (χ0) is 18.2. The Labute approximate surface area is 151 Å². The van der Waals surface area contributed by atoms with E-state index in [1.165, 1.54) is 18.9 Å². The smallest absolute Gasteiger partial charge is 0.330 e. The molecule has 1 aromatic rings. The van der Waals surface area contributed by atoms with Gasteiger partial charge in [0, 0.05) is 11.2 Å². The number of methoxy groups -OCH3 is 1. The molecular weight excluding hydrogens is 340 g/mol. The van der Waals surface area contributed by atoms with Crippen LogP contribution < -0.4 is 5.32 Å². The molecule has 7 heteroatoms. The second-order valence-corrected chi connectivity index (χ2v) is 8.58. The Bertz CT molecular complexity index is 692. The van der Waals surface area contributed by atoms with Gasteiger partial charge in [-0.2, -0.15) is 0 Å². The van der Waals surface area contributed by atoms with E-state index in [1.807, 2.05) is 44.2 Å². The molecule has 0 aromatic heterocycles. The Morgan fingerprint density at radius 2 is 1.96 bits per heavy atom. The molecule has 2 amide bonds. The molecule has 134 valence electrons. The normalized spacial score (nSPS) is 26.6. The summed E-state index contributed by atoms with van der Waals surface area (Å²) < 4.78 is 4.39. The van der Waals surface area contributed by atoms with Gasteiger partial charge in [0.2, 0.25) is 11.8 Å². The van der Waals surface area contributed by atoms with Crippen LogP contribution in [-0.2, 0) is 25.5 Å². The lowest BCUT2D eigenvalue weighted by atomic mass is 9.96. The number of amides is 2. The molecular formula is C18H22N2O4S. The van der Waals surface area contributed by atoms with Gasteiger partial charge in [-0.1, -0.05) is 30.3 Å². The molecule has 1 N–H and O–H groups in total. The zero-order valence-corrected chi connectivity index (χ0v) is 15.3. The van der Waals surface area contributed by atoms with Gasteiger partial charge in [-0.15, -0.1) is 11.8 Å². The van der Waals surface area contributed by atoms with Crippen LogP contribution in [0.2, 0.25) is 0 Å². The van der Waals surface area contributed by atoms with Gasteiger partial charge in [0.1, 0.15) is 17.5 Å². The first-order chi connectivity index (χ1) is 11.8. The molecule has 2 heterocycles. The van der Waals surface area contributed by atoms with Crippen LogP contribution in [0.15, 0.2) is 30.3 Å². The summed E-state index contributed by atoms with van der Waals surface area (Å²) in [5.41, 5.74) is 1.08. The van der Waals surface area contributed by atoms with Crippen molar-refractivity contribution in [3.05, 3.63) is 35.9 Å². The third-order valence-corrected chi connectivity index (χ3v) is 6.24. The summed E-state index contributed by atoms with van der Waals surface area (Å²) in [7, 11) is 1.32. The van der Waals surface area contributed by atoms with Gasteiger partial charge in [-0.25, -0.2) is 4.79 Å². The number of ether oxygens (including phenoxy) is 1. The highest BCUT2D eigenvalue weighted by atomic mass is 32.2. The molecule has 0 bridgehead atoms. The van der Waals surface area contributed by atoms with E-state index in [4.69, 9.17) is 4.74 Å². The van der Waals surface area contributed by atoms with Gasteiger partial charge < -0.3 is 15.0 Å². The van der Waals surface area contributed by atoms with Crippen molar-refractivity contribution >= 4 is 29.5 Å². The number of nitrogens with zero attached hydrogens (tertiary/aromatic N) is 1. The Morgan fingerprint density at radius 3 is 2.60 bits per heavy atom. The van der Waals surface area contributed by atoms with Crippen molar-refractivity contribution in [2.45, 2.75) is 48.9 Å². The Morgan fingerprint density at radius 1 is 1.28 bits per heavy atom. The fourth-order valence-corrected chi connectivity index (χ4v) is 5.01. The first kappa shape index (κ1) is 17.8. The molecule has 0 aliphatic carbocycles. The second-order valence-electron chi connectivity index (χ2n) is 6.81. The van der Waals surface area contributed by atoms with Gasteiger partial charge in [-0.05, 0) is 25.8 Å². The number of nitrogens with one attached hydrogen (secondary N) is 1. The molecule has 0 spiro atoms. The lowest BCUT2D eigenvalue weighted by molar-refractivity contribution is -0.162. The van der Waals surface area contributed by atoms with Gasteiger partial charge >= 0.3 is 5.97 Å². The highest BCUT2D eigenvalue weighted by molar-refractivity contribution is 8.01. The number of rotatable bonds is 5. The number of thioether (sulfide) groups is 1. The number of aryl methyl sites for hydroxylation is 1. The van der Waals surface area contributed by atoms with Crippen LogP contribution in [0.3, 0.4) is 0 Å². The maximum absolute atomic E-state index is 12.5. The number of hydrogen-bond donors (Lipinski definition) is 1. The minimum absolute atomic E-state index is 0.151. The Kier molecular flexibility index (Phi) is 4.77. The summed E-state index contributed by atoms with van der Waals surface area (Å²) in [5, 5.41) is 2.60. The molecule has 2 aliphatic heterocycles. The molecule has 3 atom stereocenters. The predicted octanol–water partition coefficient (Wildman–Crippen LogP) is 1.34. The van der Waals surface area contributed by atoms with Crippen molar-refractivity contribution in [2.75, 3.05) is 7.11 Å². The molecule has 1 aromatic carbocycles. The van der Waals surface area contributed by atoms with Crippen LogP contribution in [0.25, 0.3) is 0 Å². The Hall–Kier alpha value is -2.02. The fraction of sp³-hybridized carbons (Fsp3) is 0.500. The minimum atomic E-state index is -0.613. The average molecular weight is 362 g/mol. The fourth-order valence-electron chi connectivity index (χ4n) is 3.39. The molecule has 2 fully saturated rings. The number of fused-ring (bicyclic) bond motifs is 1. The van der Waals surface area contributed by atoms with Crippen LogP contribution in [0, 0.1) is 0 Å². The summed E-state index contributed by atoms with van der Waals surface area (Å²) >= 11 is 1.53. The maximum Gasteiger partial charge on any atom is 0.330 e. The molecule has 2 aliphatic rings. The number of β-lactam (4-membered cyclic amide) rings is 1. The molecule has 0 radical (unpaired) electrons. The summed E-state index contributed by atoms with van der Waals surface area (Å²) in [6.07, 6.45) is 0.959. The molecule has 2 unspecified atom stereocenters. The zero-order valence-electron chi connectivity index (χ0n) is 14.5. The first-order valence-electron chi connectivity index (χ1n) is 8.26. The number of carbonyl (C=O) groups is 3. The quantitative estimate of drug-likeness (QED) is 0.632. The van der Waals surface area contributed by atoms with E-state index in [-0.39, 0.29) is 17.2 Å². The first-order valence-corrected chi connectivity index (χ1v) is 9.14. The standard InChI is InChI=1S/C18H22N2O4S/c1-18(2)14(17(23)24-3)20-15(22)13(16(20)25-18)19-12(21)10-9-11-7-5-4-6-8-11/h4-8,13-14,16H,9-10H2,1-3H3,(H,19,21)/t13?,14?,16-/m1/s1. The highest BCUT2D eigenvalue weighted by Crippen LogP contribution is 2.51. The van der Waals surface area contributed by atoms with Gasteiger partial charge in [-0.3, -0.25) is 9.59 Å². The molecule has 0 saturated carbocycles. The van der Waals surface area contributed by atoms with Crippen molar-refractivity contribution in [1.29, 1.82) is 0 Å². The van der Waals surface area contributed by atoms with Crippen molar-refractivity contribution in [2.24, 2.45) is 0 Å². The second kappa shape index (κ2) is 6.71. The topological polar surface area (TPSA) is 75.7 Å². The van der Waals surface area contributed by atoms with Gasteiger partial charge in [0.05, 0.1) is 7.11 Å². The Balaban J connectivity index is 1.59. The van der Waals surface area contributed by atoms with E-state index in [0.717, 1.165) is 5.56 Å². The lowest BCUT2D eigenvalue weighted by Crippen LogP contribution is -2.70. The van der Waals surface area contributed by atoms with Crippen LogP contribution in [0.4, 0.5) is 0 Å². The number of benzene rings is 1. The third kappa shape index (κ3) is 3.25. The van der Waals surface area contributed by atoms with Crippen molar-refractivity contribution < 1.29 is 19.1 Å². The summed E-state index contributed by atoms with van der Waals surface area (Å²) in [5.74, 6) is -0.782. The van der Waals surface area contributed by atoms with Crippen molar-refractivity contribution in [1.82, 2.24) is 10.2 Å². The van der Waals surface area contributed by atoms with E-state index in [0.29, 0.717) is 12.8 Å². The van der Waals surface area contributed by atoms with Crippen LogP contribution in [0.1, 0.15) is 25.8 Å². The van der Waals surface area contributed by atoms with Gasteiger partial charge in [0.25, 0.3) is 0 Å². The molecule has 6 nitrogen and oxygen atoms in total. The van der Waals surface area contributed by atoms with Crippen molar-refractivity contribution in [3.8, 4) is 0 Å². The largest absolute Gasteiger partial charge is 0.467 e. The highest BCUT2D eigenvalue weighted by Gasteiger charge is 2.64. The van der Waals surface area contributed by atoms with E-state index in [2.05, 4.69) is 5.32 Å².